The maximum atomic E-state index is 13.1. The number of carbonyl (C=O) groups is 2. The second-order valence-electron chi connectivity index (χ2n) is 8.61. The van der Waals surface area contributed by atoms with Gasteiger partial charge in [0, 0.05) is 37.4 Å². The van der Waals surface area contributed by atoms with Crippen LogP contribution in [0.15, 0.2) is 12.5 Å². The molecule has 2 saturated heterocycles. The Morgan fingerprint density at radius 1 is 1.28 bits per heavy atom. The molecule has 2 aromatic heterocycles. The predicted octanol–water partition coefficient (Wildman–Crippen LogP) is 3.49. The zero-order chi connectivity index (χ0) is 20.8. The Morgan fingerprint density at radius 2 is 2.07 bits per heavy atom. The second-order valence-corrected chi connectivity index (χ2v) is 8.96. The fourth-order valence-corrected chi connectivity index (χ4v) is 4.17. The molecule has 0 N–H and O–H groups in total. The van der Waals surface area contributed by atoms with Crippen molar-refractivity contribution < 1.29 is 19.1 Å². The van der Waals surface area contributed by atoms with Crippen molar-refractivity contribution in [1.29, 1.82) is 0 Å². The van der Waals surface area contributed by atoms with Gasteiger partial charge >= 0.3 is 6.09 Å². The lowest BCUT2D eigenvalue weighted by Gasteiger charge is -2.24. The monoisotopic (exact) mass is 420 g/mol. The van der Waals surface area contributed by atoms with Crippen molar-refractivity contribution in [3.63, 3.8) is 0 Å². The molecule has 2 atom stereocenters. The van der Waals surface area contributed by atoms with E-state index < -0.39 is 5.60 Å². The molecule has 0 aromatic carbocycles. The smallest absolute Gasteiger partial charge is 0.410 e. The molecule has 2 fully saturated rings. The van der Waals surface area contributed by atoms with E-state index in [4.69, 9.17) is 21.1 Å². The number of ether oxygens (including phenoxy) is 2. The number of carbonyl (C=O) groups excluding carboxylic acids is 2. The zero-order valence-electron chi connectivity index (χ0n) is 16.9. The number of hydrogen-bond donors (Lipinski definition) is 0. The molecule has 0 saturated carbocycles. The number of hydrogen-bond acceptors (Lipinski definition) is 6. The van der Waals surface area contributed by atoms with Gasteiger partial charge in [0.05, 0.1) is 18.0 Å². The lowest BCUT2D eigenvalue weighted by molar-refractivity contribution is 0.0289. The number of aromatic nitrogens is 3. The molecule has 4 heterocycles. The lowest BCUT2D eigenvalue weighted by atomic mass is 9.97. The van der Waals surface area contributed by atoms with Gasteiger partial charge in [0.25, 0.3) is 0 Å². The fourth-order valence-electron chi connectivity index (χ4n) is 3.94. The van der Waals surface area contributed by atoms with Crippen molar-refractivity contribution in [3.05, 3.63) is 23.2 Å². The van der Waals surface area contributed by atoms with Gasteiger partial charge in [0.1, 0.15) is 22.7 Å². The van der Waals surface area contributed by atoms with Crippen LogP contribution in [0.1, 0.15) is 50.0 Å². The Balaban J connectivity index is 1.64. The molecular weight excluding hydrogens is 396 g/mol. The molecule has 0 bridgehead atoms. The van der Waals surface area contributed by atoms with Gasteiger partial charge in [0.15, 0.2) is 5.78 Å². The van der Waals surface area contributed by atoms with Gasteiger partial charge < -0.3 is 18.9 Å². The maximum absolute atomic E-state index is 13.1. The van der Waals surface area contributed by atoms with Crippen LogP contribution in [0.5, 0.6) is 0 Å². The van der Waals surface area contributed by atoms with E-state index >= 15 is 0 Å². The normalized spacial score (nSPS) is 22.4. The Labute approximate surface area is 174 Å². The highest BCUT2D eigenvalue weighted by atomic mass is 35.5. The summed E-state index contributed by atoms with van der Waals surface area (Å²) in [7, 11) is 0. The van der Waals surface area contributed by atoms with Crippen LogP contribution in [0.3, 0.4) is 0 Å². The summed E-state index contributed by atoms with van der Waals surface area (Å²) in [6.45, 7) is 7.63. The van der Waals surface area contributed by atoms with Crippen LogP contribution >= 0.6 is 11.6 Å². The van der Waals surface area contributed by atoms with E-state index in [2.05, 4.69) is 9.97 Å². The third kappa shape index (κ3) is 3.96. The zero-order valence-corrected chi connectivity index (χ0v) is 17.6. The van der Waals surface area contributed by atoms with E-state index in [0.717, 1.165) is 6.42 Å². The van der Waals surface area contributed by atoms with Crippen molar-refractivity contribution in [2.24, 2.45) is 5.92 Å². The summed E-state index contributed by atoms with van der Waals surface area (Å²) < 4.78 is 12.8. The Bertz CT molecular complexity index is 946. The Kier molecular flexibility index (Phi) is 5.25. The summed E-state index contributed by atoms with van der Waals surface area (Å²) in [5, 5.41) is 0.833. The number of amides is 1. The van der Waals surface area contributed by atoms with Crippen molar-refractivity contribution in [3.8, 4) is 0 Å². The summed E-state index contributed by atoms with van der Waals surface area (Å²) in [6, 6.07) is -0.0163. The molecular formula is C20H25ClN4O4. The first-order chi connectivity index (χ1) is 13.7. The number of Topliss-reactive ketones (excluding diaryl/α,β-unsaturated/α-hetero) is 1. The predicted molar refractivity (Wildman–Crippen MR) is 107 cm³/mol. The number of rotatable bonds is 3. The van der Waals surface area contributed by atoms with Crippen molar-refractivity contribution in [2.75, 3.05) is 26.3 Å². The number of likely N-dealkylation sites (tertiary alicyclic amines) is 1. The van der Waals surface area contributed by atoms with E-state index in [-0.39, 0.29) is 29.0 Å². The Morgan fingerprint density at radius 3 is 2.76 bits per heavy atom. The van der Waals surface area contributed by atoms with E-state index in [1.807, 2.05) is 31.5 Å². The summed E-state index contributed by atoms with van der Waals surface area (Å²) >= 11 is 6.35. The largest absolute Gasteiger partial charge is 0.444 e. The molecule has 2 aliphatic rings. The van der Waals surface area contributed by atoms with Crippen LogP contribution in [0.25, 0.3) is 11.0 Å². The van der Waals surface area contributed by atoms with E-state index in [9.17, 15) is 9.59 Å². The van der Waals surface area contributed by atoms with Crippen molar-refractivity contribution in [1.82, 2.24) is 19.4 Å². The van der Waals surface area contributed by atoms with Crippen LogP contribution in [-0.4, -0.2) is 63.2 Å². The first-order valence-electron chi connectivity index (χ1n) is 9.85. The van der Waals surface area contributed by atoms with Crippen LogP contribution in [0, 0.1) is 5.92 Å². The molecule has 4 rings (SSSR count). The third-order valence-corrected chi connectivity index (χ3v) is 5.62. The van der Waals surface area contributed by atoms with Gasteiger partial charge in [-0.15, -0.1) is 0 Å². The van der Waals surface area contributed by atoms with Crippen molar-refractivity contribution in [2.45, 2.75) is 45.3 Å². The molecule has 29 heavy (non-hydrogen) atoms. The highest BCUT2D eigenvalue weighted by Gasteiger charge is 2.34. The average molecular weight is 421 g/mol. The molecule has 2 aromatic rings. The first kappa shape index (κ1) is 20.1. The molecule has 9 heteroatoms. The van der Waals surface area contributed by atoms with Gasteiger partial charge in [-0.2, -0.15) is 0 Å². The maximum Gasteiger partial charge on any atom is 0.410 e. The number of nitrogens with zero attached hydrogens (tertiary/aromatic N) is 4. The van der Waals surface area contributed by atoms with E-state index in [1.165, 1.54) is 6.33 Å². The molecule has 0 aliphatic carbocycles. The second kappa shape index (κ2) is 7.57. The minimum absolute atomic E-state index is 0.00458. The van der Waals surface area contributed by atoms with Crippen molar-refractivity contribution >= 4 is 34.5 Å². The first-order valence-corrected chi connectivity index (χ1v) is 10.2. The standard InChI is InChI=1S/C20H25ClN4O4/c1-20(2,3)29-19(27)24-6-4-13(8-24)25-9-14(16(26)12-5-7-28-10-12)15-17(21)22-11-23-18(15)25/h9,11-13H,4-8,10H2,1-3H3. The molecule has 2 unspecified atom stereocenters. The third-order valence-electron chi connectivity index (χ3n) is 5.34. The van der Waals surface area contributed by atoms with Gasteiger partial charge in [-0.05, 0) is 33.6 Å². The number of halogens is 1. The quantitative estimate of drug-likeness (QED) is 0.558. The van der Waals surface area contributed by atoms with Crippen LogP contribution in [0.2, 0.25) is 5.15 Å². The Hall–Kier alpha value is -2.19. The SMILES string of the molecule is CC(C)(C)OC(=O)N1CCC(n2cc(C(=O)C3CCOC3)c3c(Cl)ncnc32)C1. The van der Waals surface area contributed by atoms with Crippen LogP contribution in [0.4, 0.5) is 4.79 Å². The summed E-state index contributed by atoms with van der Waals surface area (Å²) in [5.41, 5.74) is 0.596. The molecule has 8 nitrogen and oxygen atoms in total. The van der Waals surface area contributed by atoms with E-state index in [1.54, 1.807) is 4.90 Å². The molecule has 1 amide bonds. The van der Waals surface area contributed by atoms with Gasteiger partial charge in [-0.3, -0.25) is 4.79 Å². The highest BCUT2D eigenvalue weighted by Crippen LogP contribution is 2.34. The highest BCUT2D eigenvalue weighted by molar-refractivity contribution is 6.35. The summed E-state index contributed by atoms with van der Waals surface area (Å²) in [5.74, 6) is -0.169. The molecule has 0 spiro atoms. The minimum Gasteiger partial charge on any atom is -0.444 e. The number of ketones is 1. The lowest BCUT2D eigenvalue weighted by Crippen LogP contribution is -2.35. The minimum atomic E-state index is -0.543. The average Bonchev–Trinajstić information content (AvgIpc) is 3.38. The molecule has 0 radical (unpaired) electrons. The van der Waals surface area contributed by atoms with Crippen LogP contribution < -0.4 is 0 Å². The summed E-state index contributed by atoms with van der Waals surface area (Å²) in [6.07, 6.45) is 4.32. The van der Waals surface area contributed by atoms with Gasteiger partial charge in [-0.25, -0.2) is 14.8 Å². The summed E-state index contributed by atoms with van der Waals surface area (Å²) in [4.78, 5) is 35.7. The fraction of sp³-hybridized carbons (Fsp3) is 0.600. The van der Waals surface area contributed by atoms with Crippen LogP contribution in [-0.2, 0) is 9.47 Å². The van der Waals surface area contributed by atoms with Gasteiger partial charge in [-0.1, -0.05) is 11.6 Å². The van der Waals surface area contributed by atoms with Gasteiger partial charge in [0.2, 0.25) is 0 Å². The molecule has 2 aliphatic heterocycles. The molecule has 156 valence electrons. The number of fused-ring (bicyclic) bond motifs is 1. The topological polar surface area (TPSA) is 86.5 Å². The van der Waals surface area contributed by atoms with E-state index in [0.29, 0.717) is 49.3 Å².